The molecule has 1 N–H and O–H groups in total. The molecule has 0 atom stereocenters. The summed E-state index contributed by atoms with van der Waals surface area (Å²) >= 11 is 11.5. The summed E-state index contributed by atoms with van der Waals surface area (Å²) in [6.07, 6.45) is 4.85. The van der Waals surface area contributed by atoms with Crippen molar-refractivity contribution in [1.82, 2.24) is 10.4 Å². The molecular formula is C8H6Cl2N4. The Bertz CT molecular complexity index is 388. The van der Waals surface area contributed by atoms with E-state index in [1.165, 1.54) is 11.2 Å². The van der Waals surface area contributed by atoms with Crippen LogP contribution in [-0.4, -0.2) is 10.2 Å². The Kier molecular flexibility index (Phi) is 2.56. The zero-order valence-electron chi connectivity index (χ0n) is 6.98. The standard InChI is InChI=1S/C8H6Cl2N4/c9-7-5-8(10)13-14(12-7)6-1-3-11-4-2-6/h1-5,12H. The summed E-state index contributed by atoms with van der Waals surface area (Å²) in [4.78, 5) is 3.89. The van der Waals surface area contributed by atoms with Crippen LogP contribution in [0, 0.1) is 0 Å². The van der Waals surface area contributed by atoms with E-state index >= 15 is 0 Å². The van der Waals surface area contributed by atoms with Crippen molar-refractivity contribution in [3.05, 3.63) is 35.8 Å². The normalized spacial score (nSPS) is 15.7. The highest BCUT2D eigenvalue weighted by Gasteiger charge is 2.11. The van der Waals surface area contributed by atoms with Crippen LogP contribution in [-0.2, 0) is 0 Å². The van der Waals surface area contributed by atoms with Gasteiger partial charge in [0.25, 0.3) is 0 Å². The van der Waals surface area contributed by atoms with Gasteiger partial charge in [0.05, 0.1) is 5.69 Å². The van der Waals surface area contributed by atoms with Gasteiger partial charge in [-0.1, -0.05) is 23.2 Å². The number of hydrazine groups is 1. The fourth-order valence-electron chi connectivity index (χ4n) is 0.995. The highest BCUT2D eigenvalue weighted by atomic mass is 35.5. The lowest BCUT2D eigenvalue weighted by Gasteiger charge is -2.22. The minimum Gasteiger partial charge on any atom is -0.266 e. The topological polar surface area (TPSA) is 40.5 Å². The Morgan fingerprint density at radius 3 is 2.57 bits per heavy atom. The maximum absolute atomic E-state index is 5.78. The molecule has 0 aromatic carbocycles. The molecule has 0 amide bonds. The van der Waals surface area contributed by atoms with Crippen LogP contribution in [0.1, 0.15) is 0 Å². The number of hydrogen-bond donors (Lipinski definition) is 1. The predicted octanol–water partition coefficient (Wildman–Crippen LogP) is 2.04. The van der Waals surface area contributed by atoms with Gasteiger partial charge in [-0.3, -0.25) is 10.4 Å². The monoisotopic (exact) mass is 228 g/mol. The number of hydrazone groups is 1. The third kappa shape index (κ3) is 1.97. The summed E-state index contributed by atoms with van der Waals surface area (Å²) in [5.41, 5.74) is 3.63. The van der Waals surface area contributed by atoms with E-state index in [9.17, 15) is 0 Å². The molecule has 2 heterocycles. The second-order valence-corrected chi connectivity index (χ2v) is 3.34. The van der Waals surface area contributed by atoms with E-state index in [0.717, 1.165) is 5.69 Å². The number of pyridine rings is 1. The number of nitrogens with one attached hydrogen (secondary N) is 1. The molecule has 4 nitrogen and oxygen atoms in total. The Balaban J connectivity index is 2.27. The zero-order valence-corrected chi connectivity index (χ0v) is 8.50. The molecule has 0 bridgehead atoms. The van der Waals surface area contributed by atoms with Crippen LogP contribution in [0.4, 0.5) is 5.69 Å². The van der Waals surface area contributed by atoms with Crippen LogP contribution in [0.5, 0.6) is 0 Å². The molecular weight excluding hydrogens is 223 g/mol. The molecule has 0 aliphatic carbocycles. The summed E-state index contributed by atoms with van der Waals surface area (Å²) in [7, 11) is 0. The Morgan fingerprint density at radius 1 is 1.21 bits per heavy atom. The van der Waals surface area contributed by atoms with Crippen molar-refractivity contribution in [1.29, 1.82) is 0 Å². The molecule has 1 aliphatic heterocycles. The van der Waals surface area contributed by atoms with Crippen LogP contribution in [0.2, 0.25) is 0 Å². The van der Waals surface area contributed by atoms with Gasteiger partial charge >= 0.3 is 0 Å². The summed E-state index contributed by atoms with van der Waals surface area (Å²) in [6.45, 7) is 0. The van der Waals surface area contributed by atoms with E-state index in [4.69, 9.17) is 23.2 Å². The van der Waals surface area contributed by atoms with E-state index < -0.39 is 0 Å². The molecule has 6 heteroatoms. The smallest absolute Gasteiger partial charge is 0.154 e. The number of hydrogen-bond acceptors (Lipinski definition) is 4. The first-order valence-electron chi connectivity index (χ1n) is 3.84. The van der Waals surface area contributed by atoms with Gasteiger partial charge in [-0.05, 0) is 12.1 Å². The fourth-order valence-corrected chi connectivity index (χ4v) is 1.42. The maximum atomic E-state index is 5.78. The van der Waals surface area contributed by atoms with E-state index in [-0.39, 0.29) is 0 Å². The maximum Gasteiger partial charge on any atom is 0.154 e. The Labute approximate surface area is 90.8 Å². The van der Waals surface area contributed by atoms with Gasteiger partial charge in [-0.25, -0.2) is 0 Å². The SMILES string of the molecule is ClC1=CC(Cl)=NN(c2ccncc2)N1. The first-order valence-corrected chi connectivity index (χ1v) is 4.59. The fraction of sp³-hybridized carbons (Fsp3) is 0. The number of allylic oxidation sites excluding steroid dienone is 1. The molecule has 14 heavy (non-hydrogen) atoms. The average Bonchev–Trinajstić information content (AvgIpc) is 2.18. The lowest BCUT2D eigenvalue weighted by atomic mass is 10.4. The van der Waals surface area contributed by atoms with Gasteiger partial charge in [-0.2, -0.15) is 5.12 Å². The number of anilines is 1. The van der Waals surface area contributed by atoms with E-state index in [1.54, 1.807) is 24.5 Å². The summed E-state index contributed by atoms with van der Waals surface area (Å²) < 4.78 is 0. The molecule has 0 radical (unpaired) electrons. The summed E-state index contributed by atoms with van der Waals surface area (Å²) in [5, 5.41) is 6.24. The van der Waals surface area contributed by atoms with Crippen LogP contribution < -0.4 is 10.5 Å². The average molecular weight is 229 g/mol. The highest BCUT2D eigenvalue weighted by Crippen LogP contribution is 2.16. The quantitative estimate of drug-likeness (QED) is 0.749. The van der Waals surface area contributed by atoms with Gasteiger partial charge in [0.2, 0.25) is 0 Å². The van der Waals surface area contributed by atoms with Gasteiger partial charge in [-0.15, -0.1) is 5.10 Å². The first-order chi connectivity index (χ1) is 6.75. The predicted molar refractivity (Wildman–Crippen MR) is 57.1 cm³/mol. The Hall–Kier alpha value is -1.26. The van der Waals surface area contributed by atoms with Crippen molar-refractivity contribution in [3.8, 4) is 0 Å². The summed E-state index contributed by atoms with van der Waals surface area (Å²) in [6, 6.07) is 3.58. The number of rotatable bonds is 1. The minimum absolute atomic E-state index is 0.325. The zero-order chi connectivity index (χ0) is 9.97. The van der Waals surface area contributed by atoms with E-state index in [2.05, 4.69) is 15.5 Å². The number of aromatic nitrogens is 1. The molecule has 1 aromatic rings. The molecule has 1 aliphatic rings. The molecule has 0 fully saturated rings. The number of nitrogens with zero attached hydrogens (tertiary/aromatic N) is 3. The van der Waals surface area contributed by atoms with Crippen LogP contribution >= 0.6 is 23.2 Å². The second-order valence-electron chi connectivity index (χ2n) is 2.54. The molecule has 2 rings (SSSR count). The number of halogens is 2. The Morgan fingerprint density at radius 2 is 1.93 bits per heavy atom. The second kappa shape index (κ2) is 3.86. The molecule has 0 saturated carbocycles. The van der Waals surface area contributed by atoms with Gasteiger partial charge in [0, 0.05) is 18.5 Å². The van der Waals surface area contributed by atoms with Crippen LogP contribution in [0.25, 0.3) is 0 Å². The molecule has 1 aromatic heterocycles. The van der Waals surface area contributed by atoms with Gasteiger partial charge < -0.3 is 0 Å². The van der Waals surface area contributed by atoms with Crippen molar-refractivity contribution in [2.75, 3.05) is 5.12 Å². The van der Waals surface area contributed by atoms with E-state index in [1.807, 2.05) is 0 Å². The van der Waals surface area contributed by atoms with Crippen molar-refractivity contribution in [2.45, 2.75) is 0 Å². The third-order valence-electron chi connectivity index (χ3n) is 1.56. The largest absolute Gasteiger partial charge is 0.266 e. The lowest BCUT2D eigenvalue weighted by molar-refractivity contribution is 0.760. The first kappa shape index (κ1) is 9.30. The lowest BCUT2D eigenvalue weighted by Crippen LogP contribution is -2.34. The van der Waals surface area contributed by atoms with Crippen molar-refractivity contribution in [3.63, 3.8) is 0 Å². The van der Waals surface area contributed by atoms with Crippen molar-refractivity contribution in [2.24, 2.45) is 5.10 Å². The highest BCUT2D eigenvalue weighted by molar-refractivity contribution is 6.69. The molecule has 0 saturated heterocycles. The third-order valence-corrected chi connectivity index (χ3v) is 1.94. The van der Waals surface area contributed by atoms with Gasteiger partial charge in [0.1, 0.15) is 5.16 Å². The van der Waals surface area contributed by atoms with Gasteiger partial charge in [0.15, 0.2) is 5.17 Å². The minimum atomic E-state index is 0.325. The molecule has 0 spiro atoms. The van der Waals surface area contributed by atoms with Crippen LogP contribution in [0.3, 0.4) is 0 Å². The van der Waals surface area contributed by atoms with E-state index in [0.29, 0.717) is 10.3 Å². The van der Waals surface area contributed by atoms with Crippen LogP contribution in [0.15, 0.2) is 40.9 Å². The van der Waals surface area contributed by atoms with Crippen molar-refractivity contribution < 1.29 is 0 Å². The van der Waals surface area contributed by atoms with Crippen molar-refractivity contribution >= 4 is 34.1 Å². The summed E-state index contributed by atoms with van der Waals surface area (Å²) in [5.74, 6) is 0. The molecule has 72 valence electrons. The molecule has 0 unspecified atom stereocenters.